The molecule has 0 bridgehead atoms. The van der Waals surface area contributed by atoms with E-state index in [1.165, 1.54) is 11.3 Å². The molecule has 1 heterocycles. The number of nitrogens with zero attached hydrogens (tertiary/aromatic N) is 1. The normalized spacial score (nSPS) is 9.33. The van der Waals surface area contributed by atoms with Gasteiger partial charge in [0.2, 0.25) is 0 Å². The Labute approximate surface area is 57.0 Å². The summed E-state index contributed by atoms with van der Waals surface area (Å²) in [4.78, 5) is 3.95. The van der Waals surface area contributed by atoms with E-state index in [9.17, 15) is 0 Å². The Morgan fingerprint density at radius 2 is 2.67 bits per heavy atom. The first-order valence-electron chi connectivity index (χ1n) is 2.49. The molecule has 0 radical (unpaired) electrons. The van der Waals surface area contributed by atoms with Gasteiger partial charge in [-0.3, -0.25) is 5.41 Å². The van der Waals surface area contributed by atoms with E-state index in [0.29, 0.717) is 6.42 Å². The fraction of sp³-hybridized carbons (Fsp3) is 0.200. The van der Waals surface area contributed by atoms with E-state index in [4.69, 9.17) is 11.1 Å². The highest BCUT2D eigenvalue weighted by Gasteiger charge is 1.94. The van der Waals surface area contributed by atoms with E-state index >= 15 is 0 Å². The van der Waals surface area contributed by atoms with Crippen molar-refractivity contribution in [3.8, 4) is 0 Å². The maximum atomic E-state index is 6.91. The van der Waals surface area contributed by atoms with Gasteiger partial charge in [-0.2, -0.15) is 0 Å². The third-order valence-corrected chi connectivity index (χ3v) is 1.49. The molecule has 0 saturated heterocycles. The standard InChI is InChI=1S/C5H7N3S/c6-5(7)1-4-2-9-3-8-4/h2-3H,1H2,(H3,6,7). The summed E-state index contributed by atoms with van der Waals surface area (Å²) in [5.41, 5.74) is 7.75. The predicted molar refractivity (Wildman–Crippen MR) is 37.7 cm³/mol. The van der Waals surface area contributed by atoms with Crippen LogP contribution in [0.5, 0.6) is 0 Å². The van der Waals surface area contributed by atoms with Crippen LogP contribution >= 0.6 is 11.3 Å². The number of hydrogen-bond donors (Lipinski definition) is 2. The van der Waals surface area contributed by atoms with E-state index in [0.717, 1.165) is 5.69 Å². The van der Waals surface area contributed by atoms with Crippen molar-refractivity contribution in [1.82, 2.24) is 4.98 Å². The lowest BCUT2D eigenvalue weighted by atomic mass is 10.3. The molecule has 3 N–H and O–H groups in total. The van der Waals surface area contributed by atoms with Crippen LogP contribution in [-0.2, 0) is 6.42 Å². The van der Waals surface area contributed by atoms with Gasteiger partial charge in [-0.25, -0.2) is 4.98 Å². The van der Waals surface area contributed by atoms with E-state index in [-0.39, 0.29) is 5.84 Å². The van der Waals surface area contributed by atoms with Crippen LogP contribution in [0.15, 0.2) is 10.9 Å². The summed E-state index contributed by atoms with van der Waals surface area (Å²) < 4.78 is 0. The maximum absolute atomic E-state index is 6.91. The summed E-state index contributed by atoms with van der Waals surface area (Å²) in [6.45, 7) is 0. The molecule has 0 atom stereocenters. The molecule has 1 aromatic heterocycles. The molecule has 48 valence electrons. The molecule has 0 saturated carbocycles. The molecule has 0 aliphatic rings. The van der Waals surface area contributed by atoms with Crippen molar-refractivity contribution in [3.63, 3.8) is 0 Å². The molecule has 1 rings (SSSR count). The van der Waals surface area contributed by atoms with E-state index in [2.05, 4.69) is 4.98 Å². The lowest BCUT2D eigenvalue weighted by Gasteiger charge is -1.89. The van der Waals surface area contributed by atoms with Gasteiger partial charge >= 0.3 is 0 Å². The Morgan fingerprint density at radius 1 is 1.89 bits per heavy atom. The molecule has 0 aliphatic heterocycles. The quantitative estimate of drug-likeness (QED) is 0.468. The summed E-state index contributed by atoms with van der Waals surface area (Å²) in [7, 11) is 0. The van der Waals surface area contributed by atoms with Gasteiger partial charge in [0.1, 0.15) is 0 Å². The molecular formula is C5H7N3S. The molecule has 4 heteroatoms. The second kappa shape index (κ2) is 2.59. The first-order valence-corrected chi connectivity index (χ1v) is 3.43. The van der Waals surface area contributed by atoms with Crippen LogP contribution in [-0.4, -0.2) is 10.8 Å². The third-order valence-electron chi connectivity index (χ3n) is 0.855. The number of rotatable bonds is 2. The summed E-state index contributed by atoms with van der Waals surface area (Å²) in [5, 5.41) is 8.80. The van der Waals surface area contributed by atoms with Crippen molar-refractivity contribution < 1.29 is 0 Å². The minimum Gasteiger partial charge on any atom is -0.387 e. The lowest BCUT2D eigenvalue weighted by molar-refractivity contribution is 1.15. The second-order valence-corrected chi connectivity index (χ2v) is 2.40. The van der Waals surface area contributed by atoms with Crippen LogP contribution in [0.1, 0.15) is 5.69 Å². The molecule has 0 amide bonds. The molecule has 0 unspecified atom stereocenters. The monoisotopic (exact) mass is 141 g/mol. The molecule has 1 aromatic rings. The van der Waals surface area contributed by atoms with Crippen LogP contribution in [0, 0.1) is 5.41 Å². The fourth-order valence-corrected chi connectivity index (χ4v) is 1.08. The summed E-state index contributed by atoms with van der Waals surface area (Å²) in [5.74, 6) is 0.168. The summed E-state index contributed by atoms with van der Waals surface area (Å²) in [6.07, 6.45) is 0.476. The molecule has 0 aromatic carbocycles. The SMILES string of the molecule is N=C(N)Cc1cscn1. The Hall–Kier alpha value is -0.900. The maximum Gasteiger partial charge on any atom is 0.0966 e. The van der Waals surface area contributed by atoms with Crippen LogP contribution < -0.4 is 5.73 Å². The highest BCUT2D eigenvalue weighted by molar-refractivity contribution is 7.07. The Bertz CT molecular complexity index is 192. The molecule has 0 fully saturated rings. The third kappa shape index (κ3) is 1.81. The van der Waals surface area contributed by atoms with Crippen molar-refractivity contribution >= 4 is 17.2 Å². The minimum absolute atomic E-state index is 0.168. The van der Waals surface area contributed by atoms with E-state index < -0.39 is 0 Å². The van der Waals surface area contributed by atoms with Crippen molar-refractivity contribution in [2.24, 2.45) is 5.73 Å². The number of amidine groups is 1. The van der Waals surface area contributed by atoms with Gasteiger partial charge in [-0.1, -0.05) is 0 Å². The highest BCUT2D eigenvalue weighted by atomic mass is 32.1. The van der Waals surface area contributed by atoms with Gasteiger partial charge in [0.15, 0.2) is 0 Å². The average Bonchev–Trinajstić information content (AvgIpc) is 2.15. The first-order chi connectivity index (χ1) is 4.29. The summed E-state index contributed by atoms with van der Waals surface area (Å²) in [6, 6.07) is 0. The topological polar surface area (TPSA) is 62.8 Å². The average molecular weight is 141 g/mol. The number of aromatic nitrogens is 1. The smallest absolute Gasteiger partial charge is 0.0966 e. The zero-order valence-corrected chi connectivity index (χ0v) is 5.61. The number of hydrogen-bond acceptors (Lipinski definition) is 3. The van der Waals surface area contributed by atoms with Gasteiger partial charge in [0.05, 0.1) is 17.0 Å². The number of thiazole rings is 1. The molecule has 9 heavy (non-hydrogen) atoms. The van der Waals surface area contributed by atoms with Gasteiger partial charge in [-0.15, -0.1) is 11.3 Å². The first kappa shape index (κ1) is 6.22. The second-order valence-electron chi connectivity index (χ2n) is 1.68. The number of nitrogens with one attached hydrogen (secondary N) is 1. The molecular weight excluding hydrogens is 134 g/mol. The zero-order chi connectivity index (χ0) is 6.69. The minimum atomic E-state index is 0.168. The van der Waals surface area contributed by atoms with Crippen LogP contribution in [0.3, 0.4) is 0 Å². The van der Waals surface area contributed by atoms with Crippen LogP contribution in [0.4, 0.5) is 0 Å². The van der Waals surface area contributed by atoms with Crippen molar-refractivity contribution in [1.29, 1.82) is 5.41 Å². The number of nitrogens with two attached hydrogens (primary N) is 1. The predicted octanol–water partition coefficient (Wildman–Crippen LogP) is 0.622. The van der Waals surface area contributed by atoms with Gasteiger partial charge < -0.3 is 5.73 Å². The van der Waals surface area contributed by atoms with Gasteiger partial charge in [0.25, 0.3) is 0 Å². The van der Waals surface area contributed by atoms with Crippen molar-refractivity contribution in [2.45, 2.75) is 6.42 Å². The zero-order valence-electron chi connectivity index (χ0n) is 4.79. The largest absolute Gasteiger partial charge is 0.387 e. The van der Waals surface area contributed by atoms with Crippen molar-refractivity contribution in [2.75, 3.05) is 0 Å². The van der Waals surface area contributed by atoms with Crippen molar-refractivity contribution in [3.05, 3.63) is 16.6 Å². The Morgan fingerprint density at radius 3 is 3.11 bits per heavy atom. The van der Waals surface area contributed by atoms with Gasteiger partial charge in [0, 0.05) is 11.8 Å². The van der Waals surface area contributed by atoms with Crippen LogP contribution in [0.25, 0.3) is 0 Å². The van der Waals surface area contributed by atoms with E-state index in [1.807, 2.05) is 5.38 Å². The molecule has 0 aliphatic carbocycles. The fourth-order valence-electron chi connectivity index (χ4n) is 0.520. The van der Waals surface area contributed by atoms with Gasteiger partial charge in [-0.05, 0) is 0 Å². The Balaban J connectivity index is 2.58. The molecule has 3 nitrogen and oxygen atoms in total. The van der Waals surface area contributed by atoms with E-state index in [1.54, 1.807) is 5.51 Å². The Kier molecular flexibility index (Phi) is 1.79. The summed E-state index contributed by atoms with van der Waals surface area (Å²) >= 11 is 1.52. The van der Waals surface area contributed by atoms with Crippen LogP contribution in [0.2, 0.25) is 0 Å². The highest BCUT2D eigenvalue weighted by Crippen LogP contribution is 2.00. The lowest BCUT2D eigenvalue weighted by Crippen LogP contribution is -2.12. The molecule has 0 spiro atoms.